The van der Waals surface area contributed by atoms with Gasteiger partial charge in [-0.25, -0.2) is 4.98 Å². The molecule has 0 aliphatic rings. The third-order valence-corrected chi connectivity index (χ3v) is 3.03. The predicted molar refractivity (Wildman–Crippen MR) is 81.4 cm³/mol. The molecule has 0 aromatic carbocycles. The second-order valence-corrected chi connectivity index (χ2v) is 4.78. The van der Waals surface area contributed by atoms with Gasteiger partial charge in [0.05, 0.1) is 12.8 Å². The number of hydrogen-bond acceptors (Lipinski definition) is 4. The number of nitrogens with zero attached hydrogens (tertiary/aromatic N) is 1. The maximum atomic E-state index is 12.0. The summed E-state index contributed by atoms with van der Waals surface area (Å²) in [5.41, 5.74) is 0.441. The molecule has 0 bridgehead atoms. The van der Waals surface area contributed by atoms with E-state index in [9.17, 15) is 9.59 Å². The first-order valence-electron chi connectivity index (χ1n) is 7.26. The molecule has 2 aromatic heterocycles. The lowest BCUT2D eigenvalue weighted by Crippen LogP contribution is -2.27. The molecule has 2 heterocycles. The van der Waals surface area contributed by atoms with Crippen molar-refractivity contribution >= 4 is 11.8 Å². The molecular weight excluding hydrogens is 282 g/mol. The summed E-state index contributed by atoms with van der Waals surface area (Å²) < 4.78 is 5.14. The Morgan fingerprint density at radius 3 is 2.45 bits per heavy atom. The van der Waals surface area contributed by atoms with Crippen molar-refractivity contribution in [2.24, 2.45) is 0 Å². The lowest BCUT2D eigenvalue weighted by atomic mass is 10.2. The van der Waals surface area contributed by atoms with Gasteiger partial charge in [-0.1, -0.05) is 19.4 Å². The molecule has 2 N–H and O–H groups in total. The van der Waals surface area contributed by atoms with Crippen LogP contribution in [0.2, 0.25) is 0 Å². The van der Waals surface area contributed by atoms with Crippen molar-refractivity contribution in [3.63, 3.8) is 0 Å². The normalized spacial score (nSPS) is 10.2. The zero-order valence-corrected chi connectivity index (χ0v) is 12.5. The molecule has 0 saturated heterocycles. The molecule has 2 amide bonds. The minimum absolute atomic E-state index is 0.203. The summed E-state index contributed by atoms with van der Waals surface area (Å²) in [5, 5.41) is 5.47. The Morgan fingerprint density at radius 2 is 1.82 bits per heavy atom. The summed E-state index contributed by atoms with van der Waals surface area (Å²) in [5.74, 6) is 0.0376. The molecule has 0 radical (unpaired) electrons. The highest BCUT2D eigenvalue weighted by atomic mass is 16.3. The first kappa shape index (κ1) is 15.8. The van der Waals surface area contributed by atoms with Gasteiger partial charge in [0.15, 0.2) is 0 Å². The van der Waals surface area contributed by atoms with Gasteiger partial charge >= 0.3 is 0 Å². The number of furan rings is 1. The van der Waals surface area contributed by atoms with Gasteiger partial charge in [-0.2, -0.15) is 0 Å². The fourth-order valence-electron chi connectivity index (χ4n) is 1.83. The van der Waals surface area contributed by atoms with Crippen molar-refractivity contribution in [1.82, 2.24) is 15.6 Å². The zero-order chi connectivity index (χ0) is 15.8. The molecule has 0 aliphatic carbocycles. The number of hydrogen-bond donors (Lipinski definition) is 2. The molecular formula is C16H19N3O3. The van der Waals surface area contributed by atoms with E-state index < -0.39 is 0 Å². The van der Waals surface area contributed by atoms with E-state index in [4.69, 9.17) is 4.42 Å². The fraction of sp³-hybridized carbons (Fsp3) is 0.312. The minimum Gasteiger partial charge on any atom is -0.467 e. The molecule has 116 valence electrons. The number of carbonyl (C=O) groups excluding carboxylic acids is 2. The summed E-state index contributed by atoms with van der Waals surface area (Å²) >= 11 is 0. The monoisotopic (exact) mass is 301 g/mol. The lowest BCUT2D eigenvalue weighted by Gasteiger charge is -2.06. The summed E-state index contributed by atoms with van der Waals surface area (Å²) in [6.45, 7) is 2.93. The van der Waals surface area contributed by atoms with E-state index in [1.54, 1.807) is 36.6 Å². The van der Waals surface area contributed by atoms with E-state index in [0.717, 1.165) is 12.8 Å². The van der Waals surface area contributed by atoms with E-state index in [0.29, 0.717) is 12.3 Å². The highest BCUT2D eigenvalue weighted by Crippen LogP contribution is 2.02. The summed E-state index contributed by atoms with van der Waals surface area (Å²) in [6.07, 6.45) is 3.46. The van der Waals surface area contributed by atoms with Crippen molar-refractivity contribution in [2.45, 2.75) is 26.3 Å². The predicted octanol–water partition coefficient (Wildman–Crippen LogP) is 2.13. The molecule has 22 heavy (non-hydrogen) atoms. The largest absolute Gasteiger partial charge is 0.467 e. The van der Waals surface area contributed by atoms with Gasteiger partial charge in [0.1, 0.15) is 17.1 Å². The average Bonchev–Trinajstić information content (AvgIpc) is 3.06. The molecule has 6 heteroatoms. The molecule has 0 fully saturated rings. The van der Waals surface area contributed by atoms with Crippen LogP contribution in [0.15, 0.2) is 41.0 Å². The first-order valence-corrected chi connectivity index (χ1v) is 7.26. The molecule has 0 spiro atoms. The second kappa shape index (κ2) is 7.97. The van der Waals surface area contributed by atoms with Crippen LogP contribution in [0.4, 0.5) is 0 Å². The Hall–Kier alpha value is -2.63. The topological polar surface area (TPSA) is 84.2 Å². The van der Waals surface area contributed by atoms with Gasteiger partial charge in [-0.05, 0) is 30.7 Å². The Morgan fingerprint density at radius 1 is 1.09 bits per heavy atom. The Labute approximate surface area is 128 Å². The van der Waals surface area contributed by atoms with Gasteiger partial charge in [0.2, 0.25) is 0 Å². The Balaban J connectivity index is 1.95. The van der Waals surface area contributed by atoms with Gasteiger partial charge in [0.25, 0.3) is 11.8 Å². The van der Waals surface area contributed by atoms with Crippen molar-refractivity contribution in [3.8, 4) is 0 Å². The number of carbonyl (C=O) groups is 2. The van der Waals surface area contributed by atoms with Crippen LogP contribution in [0.5, 0.6) is 0 Å². The average molecular weight is 301 g/mol. The number of pyridine rings is 1. The standard InChI is InChI=1S/C16H19N3O3/c1-2-3-9-17-15(20)13-7-4-8-14(19-13)16(21)18-11-12-6-5-10-22-12/h4-8,10H,2-3,9,11H2,1H3,(H,17,20)(H,18,21). The molecule has 0 unspecified atom stereocenters. The number of aromatic nitrogens is 1. The summed E-state index contributed by atoms with van der Waals surface area (Å²) in [7, 11) is 0. The molecule has 0 aliphatic heterocycles. The fourth-order valence-corrected chi connectivity index (χ4v) is 1.83. The van der Waals surface area contributed by atoms with Crippen molar-refractivity contribution < 1.29 is 14.0 Å². The highest BCUT2D eigenvalue weighted by molar-refractivity contribution is 5.96. The van der Waals surface area contributed by atoms with Crippen LogP contribution < -0.4 is 10.6 Å². The molecule has 0 saturated carbocycles. The Bertz CT molecular complexity index is 623. The van der Waals surface area contributed by atoms with Gasteiger partial charge < -0.3 is 15.1 Å². The van der Waals surface area contributed by atoms with Crippen molar-refractivity contribution in [1.29, 1.82) is 0 Å². The third-order valence-electron chi connectivity index (χ3n) is 3.03. The van der Waals surface area contributed by atoms with Crippen LogP contribution >= 0.6 is 0 Å². The van der Waals surface area contributed by atoms with Crippen LogP contribution in [0.1, 0.15) is 46.5 Å². The molecule has 2 aromatic rings. The van der Waals surface area contributed by atoms with E-state index in [-0.39, 0.29) is 29.7 Å². The number of unbranched alkanes of at least 4 members (excludes halogenated alkanes) is 1. The van der Waals surface area contributed by atoms with Gasteiger partial charge in [-0.15, -0.1) is 0 Å². The van der Waals surface area contributed by atoms with Gasteiger partial charge in [-0.3, -0.25) is 9.59 Å². The van der Waals surface area contributed by atoms with E-state index in [2.05, 4.69) is 15.6 Å². The van der Waals surface area contributed by atoms with Crippen LogP contribution in [-0.4, -0.2) is 23.3 Å². The molecule has 0 atom stereocenters. The third kappa shape index (κ3) is 4.44. The summed E-state index contributed by atoms with van der Waals surface area (Å²) in [6, 6.07) is 8.32. The number of amides is 2. The van der Waals surface area contributed by atoms with Crippen LogP contribution in [0, 0.1) is 0 Å². The number of nitrogens with one attached hydrogen (secondary N) is 2. The highest BCUT2D eigenvalue weighted by Gasteiger charge is 2.12. The van der Waals surface area contributed by atoms with E-state index in [1.807, 2.05) is 6.92 Å². The van der Waals surface area contributed by atoms with Gasteiger partial charge in [0, 0.05) is 6.54 Å². The molecule has 2 rings (SSSR count). The van der Waals surface area contributed by atoms with Crippen molar-refractivity contribution in [3.05, 3.63) is 53.7 Å². The van der Waals surface area contributed by atoms with E-state index in [1.165, 1.54) is 0 Å². The SMILES string of the molecule is CCCCNC(=O)c1cccc(C(=O)NCc2ccco2)n1. The lowest BCUT2D eigenvalue weighted by molar-refractivity contribution is 0.0940. The minimum atomic E-state index is -0.348. The van der Waals surface area contributed by atoms with Crippen molar-refractivity contribution in [2.75, 3.05) is 6.54 Å². The maximum Gasteiger partial charge on any atom is 0.270 e. The Kier molecular flexibility index (Phi) is 5.71. The van der Waals surface area contributed by atoms with E-state index >= 15 is 0 Å². The number of rotatable bonds is 7. The smallest absolute Gasteiger partial charge is 0.270 e. The van der Waals surface area contributed by atoms with Crippen LogP contribution in [0.25, 0.3) is 0 Å². The second-order valence-electron chi connectivity index (χ2n) is 4.78. The maximum absolute atomic E-state index is 12.0. The van der Waals surface area contributed by atoms with Crippen LogP contribution in [0.3, 0.4) is 0 Å². The van der Waals surface area contributed by atoms with Crippen LogP contribution in [-0.2, 0) is 6.54 Å². The first-order chi connectivity index (χ1) is 10.7. The quantitative estimate of drug-likeness (QED) is 0.767. The summed E-state index contributed by atoms with van der Waals surface area (Å²) in [4.78, 5) is 28.0. The zero-order valence-electron chi connectivity index (χ0n) is 12.5. The molecule has 6 nitrogen and oxygen atoms in total.